The van der Waals surface area contributed by atoms with Crippen LogP contribution in [0.15, 0.2) is 27.9 Å². The lowest BCUT2D eigenvalue weighted by molar-refractivity contribution is -0.143. The number of amides is 2. The van der Waals surface area contributed by atoms with Crippen molar-refractivity contribution in [2.45, 2.75) is 46.8 Å². The van der Waals surface area contributed by atoms with Crippen LogP contribution in [0.2, 0.25) is 0 Å². The van der Waals surface area contributed by atoms with E-state index in [-0.39, 0.29) is 18.1 Å². The number of carbonyl (C=O) groups is 2. The Morgan fingerprint density at radius 1 is 1.25 bits per heavy atom. The number of methoxy groups -OCH3 is 1. The maximum atomic E-state index is 12.9. The minimum absolute atomic E-state index is 0.0729. The number of ether oxygens (including phenoxy) is 3. The summed E-state index contributed by atoms with van der Waals surface area (Å²) in [5.74, 6) is 0.521. The molecule has 1 aromatic carbocycles. The van der Waals surface area contributed by atoms with Crippen molar-refractivity contribution in [2.75, 3.05) is 13.7 Å². The van der Waals surface area contributed by atoms with E-state index in [0.29, 0.717) is 39.4 Å². The summed E-state index contributed by atoms with van der Waals surface area (Å²) in [4.78, 5) is 25.2. The van der Waals surface area contributed by atoms with Crippen molar-refractivity contribution in [1.82, 2.24) is 10.6 Å². The SMILES string of the molecule is CCOc1cc(C2NC(=O)NC(C(C)C)=C2C(=O)OC(C)C)cc(Br)c1OC. The van der Waals surface area contributed by atoms with E-state index in [1.165, 1.54) is 0 Å². The minimum atomic E-state index is -0.682. The second-order valence-electron chi connectivity index (χ2n) is 6.93. The van der Waals surface area contributed by atoms with Gasteiger partial charge in [-0.2, -0.15) is 0 Å². The Hall–Kier alpha value is -2.22. The molecule has 1 atom stereocenters. The highest BCUT2D eigenvalue weighted by Crippen LogP contribution is 2.40. The molecule has 0 fully saturated rings. The van der Waals surface area contributed by atoms with Crippen molar-refractivity contribution in [3.8, 4) is 11.5 Å². The first-order valence-electron chi connectivity index (χ1n) is 9.22. The zero-order valence-electron chi connectivity index (χ0n) is 17.0. The summed E-state index contributed by atoms with van der Waals surface area (Å²) < 4.78 is 17.2. The lowest BCUT2D eigenvalue weighted by atomic mass is 9.91. The third-order valence-corrected chi connectivity index (χ3v) is 4.70. The molecule has 28 heavy (non-hydrogen) atoms. The molecule has 1 unspecified atom stereocenters. The van der Waals surface area contributed by atoms with Crippen molar-refractivity contribution in [2.24, 2.45) is 5.92 Å². The Labute approximate surface area is 173 Å². The van der Waals surface area contributed by atoms with Crippen LogP contribution in [-0.2, 0) is 9.53 Å². The third kappa shape index (κ3) is 4.79. The summed E-state index contributed by atoms with van der Waals surface area (Å²) >= 11 is 3.49. The summed E-state index contributed by atoms with van der Waals surface area (Å²) in [6, 6.07) is 2.51. The molecule has 1 aromatic rings. The van der Waals surface area contributed by atoms with Gasteiger partial charge in [-0.25, -0.2) is 9.59 Å². The lowest BCUT2D eigenvalue weighted by Gasteiger charge is -2.31. The van der Waals surface area contributed by atoms with Crippen LogP contribution in [0.25, 0.3) is 0 Å². The highest BCUT2D eigenvalue weighted by Gasteiger charge is 2.35. The van der Waals surface area contributed by atoms with Crippen LogP contribution in [0.3, 0.4) is 0 Å². The number of hydrogen-bond donors (Lipinski definition) is 2. The van der Waals surface area contributed by atoms with E-state index in [0.717, 1.165) is 0 Å². The first-order valence-corrected chi connectivity index (χ1v) is 10.0. The van der Waals surface area contributed by atoms with Gasteiger partial charge >= 0.3 is 12.0 Å². The zero-order valence-corrected chi connectivity index (χ0v) is 18.6. The van der Waals surface area contributed by atoms with Crippen molar-refractivity contribution in [3.05, 3.63) is 33.4 Å². The first kappa shape index (κ1) is 22.1. The highest BCUT2D eigenvalue weighted by molar-refractivity contribution is 9.10. The van der Waals surface area contributed by atoms with Crippen LogP contribution in [0.5, 0.6) is 11.5 Å². The van der Waals surface area contributed by atoms with E-state index in [1.807, 2.05) is 20.8 Å². The van der Waals surface area contributed by atoms with E-state index < -0.39 is 12.0 Å². The van der Waals surface area contributed by atoms with E-state index in [2.05, 4.69) is 26.6 Å². The fourth-order valence-electron chi connectivity index (χ4n) is 3.01. The molecular formula is C20H27BrN2O5. The summed E-state index contributed by atoms with van der Waals surface area (Å²) in [5.41, 5.74) is 1.60. The molecule has 2 N–H and O–H groups in total. The summed E-state index contributed by atoms with van der Waals surface area (Å²) in [6.45, 7) is 9.71. The molecule has 0 spiro atoms. The summed E-state index contributed by atoms with van der Waals surface area (Å²) in [5, 5.41) is 5.59. The third-order valence-electron chi connectivity index (χ3n) is 4.11. The normalized spacial score (nSPS) is 16.8. The molecule has 2 rings (SSSR count). The predicted molar refractivity (Wildman–Crippen MR) is 109 cm³/mol. The number of nitrogens with one attached hydrogen (secondary N) is 2. The van der Waals surface area contributed by atoms with Crippen molar-refractivity contribution in [3.63, 3.8) is 0 Å². The fourth-order valence-corrected chi connectivity index (χ4v) is 3.63. The maximum absolute atomic E-state index is 12.9. The van der Waals surface area contributed by atoms with Gasteiger partial charge in [-0.1, -0.05) is 13.8 Å². The summed E-state index contributed by atoms with van der Waals surface area (Å²) in [7, 11) is 1.55. The second kappa shape index (κ2) is 9.32. The number of carbonyl (C=O) groups excluding carboxylic acids is 2. The smallest absolute Gasteiger partial charge is 0.338 e. The molecule has 0 radical (unpaired) electrons. The van der Waals surface area contributed by atoms with Gasteiger partial charge in [0.2, 0.25) is 0 Å². The molecule has 0 bridgehead atoms. The number of benzene rings is 1. The predicted octanol–water partition coefficient (Wildman–Crippen LogP) is 4.07. The molecule has 1 heterocycles. The van der Waals surface area contributed by atoms with Gasteiger partial charge in [0.15, 0.2) is 11.5 Å². The quantitative estimate of drug-likeness (QED) is 0.606. The van der Waals surface area contributed by atoms with Gasteiger partial charge in [0.05, 0.1) is 35.9 Å². The number of halogens is 1. The van der Waals surface area contributed by atoms with Crippen LogP contribution in [0, 0.1) is 5.92 Å². The number of esters is 1. The standard InChI is InChI=1S/C20H27BrN2O5/c1-7-27-14-9-12(8-13(21)18(14)26-6)17-15(19(24)28-11(4)5)16(10(2)3)22-20(25)23-17/h8-11,17H,7H2,1-6H3,(H2,22,23,25). The van der Waals surface area contributed by atoms with Crippen LogP contribution >= 0.6 is 15.9 Å². The number of rotatable bonds is 7. The minimum Gasteiger partial charge on any atom is -0.492 e. The summed E-state index contributed by atoms with van der Waals surface area (Å²) in [6.07, 6.45) is -0.284. The van der Waals surface area contributed by atoms with Crippen LogP contribution < -0.4 is 20.1 Å². The Morgan fingerprint density at radius 3 is 2.46 bits per heavy atom. The Bertz CT molecular complexity index is 789. The molecule has 7 nitrogen and oxygen atoms in total. The molecule has 2 amide bonds. The second-order valence-corrected chi connectivity index (χ2v) is 7.79. The molecule has 8 heteroatoms. The topological polar surface area (TPSA) is 85.9 Å². The average molecular weight is 455 g/mol. The van der Waals surface area contributed by atoms with Gasteiger partial charge in [0, 0.05) is 5.70 Å². The molecule has 0 saturated heterocycles. The first-order chi connectivity index (χ1) is 13.2. The van der Waals surface area contributed by atoms with Gasteiger partial charge in [0.1, 0.15) is 0 Å². The Kier molecular flexibility index (Phi) is 7.35. The fraction of sp³-hybridized carbons (Fsp3) is 0.500. The monoisotopic (exact) mass is 454 g/mol. The molecule has 1 aliphatic rings. The Balaban J connectivity index is 2.64. The van der Waals surface area contributed by atoms with Crippen LogP contribution in [0.1, 0.15) is 46.2 Å². The molecule has 0 saturated carbocycles. The van der Waals surface area contributed by atoms with Crippen molar-refractivity contribution >= 4 is 27.9 Å². The van der Waals surface area contributed by atoms with Crippen molar-refractivity contribution < 1.29 is 23.8 Å². The molecule has 0 aliphatic carbocycles. The maximum Gasteiger partial charge on any atom is 0.338 e. The molecule has 1 aliphatic heterocycles. The molecule has 154 valence electrons. The largest absolute Gasteiger partial charge is 0.492 e. The zero-order chi connectivity index (χ0) is 21.0. The van der Waals surface area contributed by atoms with E-state index in [1.54, 1.807) is 33.1 Å². The van der Waals surface area contributed by atoms with Crippen LogP contribution in [-0.4, -0.2) is 31.8 Å². The van der Waals surface area contributed by atoms with Gasteiger partial charge in [-0.3, -0.25) is 0 Å². The van der Waals surface area contributed by atoms with E-state index in [9.17, 15) is 9.59 Å². The van der Waals surface area contributed by atoms with E-state index in [4.69, 9.17) is 14.2 Å². The van der Waals surface area contributed by atoms with E-state index >= 15 is 0 Å². The van der Waals surface area contributed by atoms with Gasteiger partial charge in [-0.15, -0.1) is 0 Å². The number of hydrogen-bond acceptors (Lipinski definition) is 5. The van der Waals surface area contributed by atoms with Gasteiger partial charge < -0.3 is 24.8 Å². The number of urea groups is 1. The molecular weight excluding hydrogens is 428 g/mol. The van der Waals surface area contributed by atoms with Gasteiger partial charge in [0.25, 0.3) is 0 Å². The van der Waals surface area contributed by atoms with Crippen LogP contribution in [0.4, 0.5) is 4.79 Å². The Morgan fingerprint density at radius 2 is 1.93 bits per heavy atom. The average Bonchev–Trinajstić information content (AvgIpc) is 2.60. The highest BCUT2D eigenvalue weighted by atomic mass is 79.9. The number of allylic oxidation sites excluding steroid dienone is 1. The lowest BCUT2D eigenvalue weighted by Crippen LogP contribution is -2.47. The molecule has 0 aromatic heterocycles. The van der Waals surface area contributed by atoms with Crippen molar-refractivity contribution in [1.29, 1.82) is 0 Å². The van der Waals surface area contributed by atoms with Gasteiger partial charge in [-0.05, 0) is 60.3 Å².